The van der Waals surface area contributed by atoms with Gasteiger partial charge in [-0.1, -0.05) is 6.07 Å². The van der Waals surface area contributed by atoms with Gasteiger partial charge in [0.25, 0.3) is 6.47 Å². The van der Waals surface area contributed by atoms with Gasteiger partial charge in [-0.05, 0) is 50.1 Å². The molecule has 152 valence electrons. The lowest BCUT2D eigenvalue weighted by molar-refractivity contribution is -0.122. The Labute approximate surface area is 166 Å². The summed E-state index contributed by atoms with van der Waals surface area (Å²) in [5.41, 5.74) is 6.77. The van der Waals surface area contributed by atoms with E-state index in [0.29, 0.717) is 27.3 Å². The van der Waals surface area contributed by atoms with E-state index >= 15 is 0 Å². The second-order valence-electron chi connectivity index (χ2n) is 6.66. The standard InChI is InChI=1S/C17H18BFN3O3P.CH2O2/c1-9-13-6-10(4-5-12(13)17(20)22-21-9)14-7-11(26(2,3)25)8-15(16(14)19)18(23)24;2-1-3/h4-8,23-24H,1-3H3,(H2,20,22);1H,(H,2,3). The third-order valence-corrected chi connectivity index (χ3v) is 5.79. The van der Waals surface area contributed by atoms with Crippen LogP contribution in [0.1, 0.15) is 5.69 Å². The van der Waals surface area contributed by atoms with Gasteiger partial charge in [0.1, 0.15) is 13.0 Å². The van der Waals surface area contributed by atoms with Crippen molar-refractivity contribution in [2.75, 3.05) is 19.1 Å². The second kappa shape index (κ2) is 8.69. The van der Waals surface area contributed by atoms with Crippen LogP contribution in [0.4, 0.5) is 10.2 Å². The van der Waals surface area contributed by atoms with E-state index in [1.54, 1.807) is 38.5 Å². The van der Waals surface area contributed by atoms with Crippen molar-refractivity contribution in [3.63, 3.8) is 0 Å². The number of nitrogens with two attached hydrogens (primary N) is 1. The molecule has 3 rings (SSSR count). The van der Waals surface area contributed by atoms with Crippen molar-refractivity contribution >= 4 is 48.1 Å². The second-order valence-corrected chi connectivity index (χ2v) is 9.88. The minimum atomic E-state index is -2.75. The Morgan fingerprint density at radius 2 is 1.76 bits per heavy atom. The maximum absolute atomic E-state index is 14.9. The molecule has 0 saturated heterocycles. The summed E-state index contributed by atoms with van der Waals surface area (Å²) in [7, 11) is -4.76. The van der Waals surface area contributed by atoms with Crippen molar-refractivity contribution in [2.45, 2.75) is 6.92 Å². The van der Waals surface area contributed by atoms with Crippen molar-refractivity contribution in [1.29, 1.82) is 0 Å². The van der Waals surface area contributed by atoms with Crippen LogP contribution in [-0.4, -0.2) is 52.3 Å². The van der Waals surface area contributed by atoms with E-state index in [1.165, 1.54) is 12.1 Å². The van der Waals surface area contributed by atoms with Crippen LogP contribution in [0.15, 0.2) is 30.3 Å². The summed E-state index contributed by atoms with van der Waals surface area (Å²) < 4.78 is 27.4. The third kappa shape index (κ3) is 4.79. The van der Waals surface area contributed by atoms with Gasteiger partial charge < -0.3 is 25.5 Å². The Morgan fingerprint density at radius 1 is 1.14 bits per heavy atom. The first-order valence-electron chi connectivity index (χ1n) is 8.37. The number of benzene rings is 2. The SMILES string of the molecule is Cc1nnc(N)c2ccc(-c3cc(P(C)(C)=O)cc(B(O)O)c3F)cc12.O=CO. The molecule has 1 aromatic heterocycles. The maximum Gasteiger partial charge on any atom is 0.491 e. The summed E-state index contributed by atoms with van der Waals surface area (Å²) in [6, 6.07) is 7.80. The minimum absolute atomic E-state index is 0.131. The highest BCUT2D eigenvalue weighted by atomic mass is 31.2. The molecule has 5 N–H and O–H groups in total. The van der Waals surface area contributed by atoms with Crippen molar-refractivity contribution in [3.05, 3.63) is 41.8 Å². The highest BCUT2D eigenvalue weighted by Crippen LogP contribution is 2.37. The van der Waals surface area contributed by atoms with Crippen LogP contribution in [0, 0.1) is 12.7 Å². The Morgan fingerprint density at radius 3 is 2.31 bits per heavy atom. The quantitative estimate of drug-likeness (QED) is 0.279. The Hall–Kier alpha value is -2.81. The van der Waals surface area contributed by atoms with E-state index in [4.69, 9.17) is 15.6 Å². The number of carboxylic acid groups (broad SMARTS) is 1. The summed E-state index contributed by atoms with van der Waals surface area (Å²) in [5.74, 6) is -0.506. The fourth-order valence-corrected chi connectivity index (χ4v) is 3.70. The summed E-state index contributed by atoms with van der Waals surface area (Å²) in [6.45, 7) is 4.59. The minimum Gasteiger partial charge on any atom is -0.483 e. The molecule has 0 spiro atoms. The van der Waals surface area contributed by atoms with E-state index in [1.807, 2.05) is 0 Å². The van der Waals surface area contributed by atoms with E-state index in [0.717, 1.165) is 0 Å². The number of fused-ring (bicyclic) bond motifs is 1. The molecule has 29 heavy (non-hydrogen) atoms. The molecule has 0 atom stereocenters. The predicted molar refractivity (Wildman–Crippen MR) is 112 cm³/mol. The Bertz CT molecular complexity index is 1120. The Kier molecular flexibility index (Phi) is 6.74. The molecule has 1 heterocycles. The number of hydrogen-bond donors (Lipinski definition) is 4. The number of halogens is 1. The molecular weight excluding hydrogens is 399 g/mol. The number of rotatable bonds is 3. The summed E-state index contributed by atoms with van der Waals surface area (Å²) in [5, 5.41) is 35.5. The van der Waals surface area contributed by atoms with E-state index < -0.39 is 20.1 Å². The molecule has 0 radical (unpaired) electrons. The zero-order valence-corrected chi connectivity index (χ0v) is 16.9. The normalized spacial score (nSPS) is 11.0. The number of nitrogens with zero attached hydrogens (tertiary/aromatic N) is 2. The smallest absolute Gasteiger partial charge is 0.483 e. The number of aryl methyl sites for hydroxylation is 1. The Balaban J connectivity index is 0.000000941. The van der Waals surface area contributed by atoms with Crippen LogP contribution in [-0.2, 0) is 9.36 Å². The molecular formula is C18H20BFN3O5P. The van der Waals surface area contributed by atoms with Gasteiger partial charge in [0, 0.05) is 27.1 Å². The largest absolute Gasteiger partial charge is 0.491 e. The first-order valence-corrected chi connectivity index (χ1v) is 11.0. The fraction of sp³-hybridized carbons (Fsp3) is 0.167. The fourth-order valence-electron chi connectivity index (χ4n) is 2.81. The van der Waals surface area contributed by atoms with Crippen LogP contribution >= 0.6 is 7.14 Å². The van der Waals surface area contributed by atoms with Crippen LogP contribution in [0.3, 0.4) is 0 Å². The molecule has 0 aliphatic heterocycles. The van der Waals surface area contributed by atoms with Gasteiger partial charge in [0.2, 0.25) is 0 Å². The molecule has 0 aliphatic rings. The molecule has 0 unspecified atom stereocenters. The molecule has 8 nitrogen and oxygen atoms in total. The van der Waals surface area contributed by atoms with Gasteiger partial charge in [-0.2, -0.15) is 5.10 Å². The lowest BCUT2D eigenvalue weighted by Crippen LogP contribution is -2.35. The van der Waals surface area contributed by atoms with Crippen LogP contribution in [0.5, 0.6) is 0 Å². The van der Waals surface area contributed by atoms with Crippen molar-refractivity contribution in [3.8, 4) is 11.1 Å². The molecule has 0 bridgehead atoms. The number of anilines is 1. The first kappa shape index (κ1) is 22.5. The lowest BCUT2D eigenvalue weighted by Gasteiger charge is -2.15. The molecule has 0 amide bonds. The average Bonchev–Trinajstić information content (AvgIpc) is 2.64. The highest BCUT2D eigenvalue weighted by Gasteiger charge is 2.25. The molecule has 11 heteroatoms. The van der Waals surface area contributed by atoms with Gasteiger partial charge in [-0.25, -0.2) is 4.39 Å². The van der Waals surface area contributed by atoms with Crippen LogP contribution < -0.4 is 16.5 Å². The number of nitrogen functional groups attached to an aromatic ring is 1. The zero-order valence-electron chi connectivity index (χ0n) is 16.0. The summed E-state index contributed by atoms with van der Waals surface area (Å²) in [6.07, 6.45) is 0. The van der Waals surface area contributed by atoms with E-state index in [2.05, 4.69) is 10.2 Å². The molecule has 0 fully saturated rings. The number of aromatic nitrogens is 2. The highest BCUT2D eigenvalue weighted by molar-refractivity contribution is 7.70. The number of carbonyl (C=O) groups is 1. The zero-order chi connectivity index (χ0) is 21.9. The third-order valence-electron chi connectivity index (χ3n) is 4.29. The van der Waals surface area contributed by atoms with E-state index in [9.17, 15) is 19.0 Å². The lowest BCUT2D eigenvalue weighted by atomic mass is 9.78. The number of hydrogen-bond acceptors (Lipinski definition) is 7. The first-order chi connectivity index (χ1) is 13.5. The van der Waals surface area contributed by atoms with Gasteiger partial charge >= 0.3 is 7.12 Å². The van der Waals surface area contributed by atoms with Crippen molar-refractivity contribution in [2.24, 2.45) is 0 Å². The molecule has 2 aromatic carbocycles. The summed E-state index contributed by atoms with van der Waals surface area (Å²) >= 11 is 0. The molecule has 0 saturated carbocycles. The molecule has 3 aromatic rings. The molecule has 0 aliphatic carbocycles. The topological polar surface area (TPSA) is 147 Å². The van der Waals surface area contributed by atoms with E-state index in [-0.39, 0.29) is 23.3 Å². The predicted octanol–water partition coefficient (Wildman–Crippen LogP) is 0.955. The van der Waals surface area contributed by atoms with Crippen LogP contribution in [0.2, 0.25) is 0 Å². The van der Waals surface area contributed by atoms with Crippen molar-refractivity contribution in [1.82, 2.24) is 10.2 Å². The monoisotopic (exact) mass is 419 g/mol. The van der Waals surface area contributed by atoms with Gasteiger partial charge in [0.15, 0.2) is 5.82 Å². The summed E-state index contributed by atoms with van der Waals surface area (Å²) in [4.78, 5) is 8.36. The maximum atomic E-state index is 14.9. The van der Waals surface area contributed by atoms with Crippen molar-refractivity contribution < 1.29 is 28.9 Å². The van der Waals surface area contributed by atoms with Gasteiger partial charge in [-0.3, -0.25) is 4.79 Å². The van der Waals surface area contributed by atoms with Gasteiger partial charge in [-0.15, -0.1) is 5.10 Å². The van der Waals surface area contributed by atoms with Gasteiger partial charge in [0.05, 0.1) is 5.69 Å². The van der Waals surface area contributed by atoms with Crippen LogP contribution in [0.25, 0.3) is 21.9 Å². The average molecular weight is 419 g/mol.